The minimum absolute atomic E-state index is 0.549. The molecule has 0 amide bonds. The highest BCUT2D eigenvalue weighted by Gasteiger charge is 1.95. The topological polar surface area (TPSA) is 50.9 Å². The van der Waals surface area contributed by atoms with Gasteiger partial charge in [0.25, 0.3) is 0 Å². The Balaban J connectivity index is 3.09. The van der Waals surface area contributed by atoms with Gasteiger partial charge in [-0.15, -0.1) is 0 Å². The molecule has 0 aliphatic heterocycles. The lowest BCUT2D eigenvalue weighted by atomic mass is 10.3. The van der Waals surface area contributed by atoms with Crippen molar-refractivity contribution in [2.24, 2.45) is 0 Å². The van der Waals surface area contributed by atoms with Gasteiger partial charge in [-0.1, -0.05) is 0 Å². The first-order chi connectivity index (χ1) is 4.74. The molecule has 0 saturated heterocycles. The second-order valence-corrected chi connectivity index (χ2v) is 2.20. The second kappa shape index (κ2) is 2.56. The minimum Gasteiger partial charge on any atom is -0.385 e. The van der Waals surface area contributed by atoms with Crippen LogP contribution in [0.3, 0.4) is 0 Å². The highest BCUT2D eigenvalue weighted by molar-refractivity contribution is 5.61. The normalized spacial score (nSPS) is 9.40. The molecule has 54 valence electrons. The van der Waals surface area contributed by atoms with E-state index in [1.165, 1.54) is 0 Å². The van der Waals surface area contributed by atoms with Crippen molar-refractivity contribution in [3.05, 3.63) is 17.8 Å². The van der Waals surface area contributed by atoms with E-state index in [2.05, 4.69) is 10.3 Å². The fourth-order valence-electron chi connectivity index (χ4n) is 0.780. The van der Waals surface area contributed by atoms with E-state index >= 15 is 0 Å². The highest BCUT2D eigenvalue weighted by Crippen LogP contribution is 2.14. The van der Waals surface area contributed by atoms with Crippen LogP contribution in [0.4, 0.5) is 11.5 Å². The third kappa shape index (κ3) is 1.18. The van der Waals surface area contributed by atoms with Gasteiger partial charge in [-0.05, 0) is 18.6 Å². The molecule has 1 heterocycles. The van der Waals surface area contributed by atoms with E-state index in [0.29, 0.717) is 5.82 Å². The van der Waals surface area contributed by atoms with E-state index in [1.807, 2.05) is 20.0 Å². The van der Waals surface area contributed by atoms with Crippen LogP contribution in [0.25, 0.3) is 0 Å². The van der Waals surface area contributed by atoms with Crippen LogP contribution >= 0.6 is 0 Å². The molecular formula is C7H11N3. The van der Waals surface area contributed by atoms with Gasteiger partial charge in [-0.25, -0.2) is 4.98 Å². The van der Waals surface area contributed by atoms with Crippen molar-refractivity contribution in [2.45, 2.75) is 6.92 Å². The Morgan fingerprint density at radius 3 is 2.80 bits per heavy atom. The number of nitrogens with one attached hydrogen (secondary N) is 1. The number of nitrogens with zero attached hydrogens (tertiary/aromatic N) is 1. The molecule has 3 N–H and O–H groups in total. The molecule has 0 bridgehead atoms. The van der Waals surface area contributed by atoms with Gasteiger partial charge in [-0.3, -0.25) is 0 Å². The average molecular weight is 137 g/mol. The van der Waals surface area contributed by atoms with Crippen molar-refractivity contribution >= 4 is 11.5 Å². The second-order valence-electron chi connectivity index (χ2n) is 2.20. The quantitative estimate of drug-likeness (QED) is 0.607. The lowest BCUT2D eigenvalue weighted by molar-refractivity contribution is 1.27. The maximum atomic E-state index is 5.53. The zero-order valence-corrected chi connectivity index (χ0v) is 6.18. The number of anilines is 2. The van der Waals surface area contributed by atoms with Crippen LogP contribution in [-0.2, 0) is 0 Å². The van der Waals surface area contributed by atoms with Crippen molar-refractivity contribution in [2.75, 3.05) is 18.1 Å². The number of nitrogens with two attached hydrogens (primary N) is 1. The van der Waals surface area contributed by atoms with Crippen LogP contribution < -0.4 is 11.1 Å². The highest BCUT2D eigenvalue weighted by atomic mass is 14.9. The summed E-state index contributed by atoms with van der Waals surface area (Å²) in [6.07, 6.45) is 1.75. The molecule has 3 nitrogen and oxygen atoms in total. The predicted molar refractivity (Wildman–Crippen MR) is 42.9 cm³/mol. The molecule has 3 heteroatoms. The molecule has 0 fully saturated rings. The van der Waals surface area contributed by atoms with Crippen molar-refractivity contribution < 1.29 is 0 Å². The van der Waals surface area contributed by atoms with Gasteiger partial charge in [0.05, 0.1) is 5.69 Å². The van der Waals surface area contributed by atoms with Gasteiger partial charge in [0.1, 0.15) is 5.82 Å². The lowest BCUT2D eigenvalue weighted by Gasteiger charge is -2.02. The van der Waals surface area contributed by atoms with Gasteiger partial charge >= 0.3 is 0 Å². The Labute approximate surface area is 60.3 Å². The first-order valence-corrected chi connectivity index (χ1v) is 3.14. The summed E-state index contributed by atoms with van der Waals surface area (Å²) in [4.78, 5) is 3.96. The SMILES string of the molecule is CNc1cc(C)cnc1N. The van der Waals surface area contributed by atoms with E-state index in [0.717, 1.165) is 11.3 Å². The summed E-state index contributed by atoms with van der Waals surface area (Å²) in [6.45, 7) is 1.98. The zero-order valence-electron chi connectivity index (χ0n) is 6.18. The van der Waals surface area contributed by atoms with Crippen molar-refractivity contribution in [1.29, 1.82) is 0 Å². The van der Waals surface area contributed by atoms with Gasteiger partial charge in [0.15, 0.2) is 0 Å². The maximum absolute atomic E-state index is 5.53. The summed E-state index contributed by atoms with van der Waals surface area (Å²) >= 11 is 0. The van der Waals surface area contributed by atoms with Gasteiger partial charge in [-0.2, -0.15) is 0 Å². The molecule has 0 radical (unpaired) electrons. The summed E-state index contributed by atoms with van der Waals surface area (Å²) in [7, 11) is 1.83. The summed E-state index contributed by atoms with van der Waals surface area (Å²) in [5.74, 6) is 0.549. The largest absolute Gasteiger partial charge is 0.385 e. The van der Waals surface area contributed by atoms with Gasteiger partial charge in [0, 0.05) is 13.2 Å². The summed E-state index contributed by atoms with van der Waals surface area (Å²) in [5.41, 5.74) is 7.52. The number of aromatic nitrogens is 1. The number of pyridine rings is 1. The van der Waals surface area contributed by atoms with Crippen molar-refractivity contribution in [3.63, 3.8) is 0 Å². The monoisotopic (exact) mass is 137 g/mol. The standard InChI is InChI=1S/C7H11N3/c1-5-3-6(9-2)7(8)10-4-5/h3-4,9H,1-2H3,(H2,8,10). The average Bonchev–Trinajstić information content (AvgIpc) is 1.94. The Kier molecular flexibility index (Phi) is 1.76. The van der Waals surface area contributed by atoms with Crippen molar-refractivity contribution in [3.8, 4) is 0 Å². The molecule has 0 saturated carbocycles. The third-order valence-electron chi connectivity index (χ3n) is 1.32. The number of rotatable bonds is 1. The molecule has 0 aromatic carbocycles. The molecule has 0 aliphatic carbocycles. The van der Waals surface area contributed by atoms with E-state index in [-0.39, 0.29) is 0 Å². The van der Waals surface area contributed by atoms with E-state index in [9.17, 15) is 0 Å². The first-order valence-electron chi connectivity index (χ1n) is 3.14. The Morgan fingerprint density at radius 2 is 2.30 bits per heavy atom. The van der Waals surface area contributed by atoms with E-state index in [1.54, 1.807) is 6.20 Å². The first kappa shape index (κ1) is 6.86. The van der Waals surface area contributed by atoms with Gasteiger partial charge < -0.3 is 11.1 Å². The summed E-state index contributed by atoms with van der Waals surface area (Å²) in [5, 5.41) is 2.95. The molecule has 0 aliphatic rings. The van der Waals surface area contributed by atoms with Crippen LogP contribution in [0.1, 0.15) is 5.56 Å². The molecule has 10 heavy (non-hydrogen) atoms. The number of hydrogen-bond donors (Lipinski definition) is 2. The predicted octanol–water partition coefficient (Wildman–Crippen LogP) is 1.01. The van der Waals surface area contributed by atoms with Crippen LogP contribution in [0.15, 0.2) is 12.3 Å². The smallest absolute Gasteiger partial charge is 0.146 e. The van der Waals surface area contributed by atoms with E-state index in [4.69, 9.17) is 5.73 Å². The Morgan fingerprint density at radius 1 is 1.60 bits per heavy atom. The summed E-state index contributed by atoms with van der Waals surface area (Å²) in [6, 6.07) is 1.96. The molecule has 1 aromatic rings. The lowest BCUT2D eigenvalue weighted by Crippen LogP contribution is -1.98. The third-order valence-corrected chi connectivity index (χ3v) is 1.32. The van der Waals surface area contributed by atoms with Crippen molar-refractivity contribution in [1.82, 2.24) is 4.98 Å². The van der Waals surface area contributed by atoms with Crippen LogP contribution in [0.2, 0.25) is 0 Å². The van der Waals surface area contributed by atoms with Crippen LogP contribution in [0.5, 0.6) is 0 Å². The summed E-state index contributed by atoms with van der Waals surface area (Å²) < 4.78 is 0. The fraction of sp³-hybridized carbons (Fsp3) is 0.286. The molecule has 0 spiro atoms. The van der Waals surface area contributed by atoms with E-state index < -0.39 is 0 Å². The maximum Gasteiger partial charge on any atom is 0.146 e. The Bertz CT molecular complexity index is 232. The fourth-order valence-corrected chi connectivity index (χ4v) is 0.780. The molecular weight excluding hydrogens is 126 g/mol. The minimum atomic E-state index is 0.549. The molecule has 0 unspecified atom stereocenters. The number of hydrogen-bond acceptors (Lipinski definition) is 3. The molecule has 1 rings (SSSR count). The molecule has 0 atom stereocenters. The number of aryl methyl sites for hydroxylation is 1. The Hall–Kier alpha value is -1.25. The van der Waals surface area contributed by atoms with Gasteiger partial charge in [0.2, 0.25) is 0 Å². The van der Waals surface area contributed by atoms with Crippen LogP contribution in [0, 0.1) is 6.92 Å². The molecule has 1 aromatic heterocycles. The van der Waals surface area contributed by atoms with Crippen LogP contribution in [-0.4, -0.2) is 12.0 Å². The zero-order chi connectivity index (χ0) is 7.56. The number of nitrogen functional groups attached to an aromatic ring is 1.